The van der Waals surface area contributed by atoms with E-state index in [1.54, 1.807) is 0 Å². The molecule has 6 nitrogen and oxygen atoms in total. The minimum atomic E-state index is -1.51. The zero-order chi connectivity index (χ0) is 18.3. The number of hydrogen-bond acceptors (Lipinski definition) is 6. The van der Waals surface area contributed by atoms with Gasteiger partial charge in [-0.25, -0.2) is 0 Å². The average Bonchev–Trinajstić information content (AvgIpc) is 3.40. The third-order valence-corrected chi connectivity index (χ3v) is 6.94. The Hall–Kier alpha value is -0.710. The highest BCUT2D eigenvalue weighted by Crippen LogP contribution is 2.52. The molecular formula is C18H31O6P. The Kier molecular flexibility index (Phi) is 8.11. The van der Waals surface area contributed by atoms with Crippen LogP contribution in [0.15, 0.2) is 0 Å². The molecule has 2 rings (SSSR count). The molecule has 0 heterocycles. The van der Waals surface area contributed by atoms with E-state index in [0.717, 1.165) is 25.7 Å². The van der Waals surface area contributed by atoms with Crippen LogP contribution < -0.4 is 0 Å². The molecule has 0 radical (unpaired) electrons. The minimum absolute atomic E-state index is 0.0488. The minimum Gasteiger partial charge on any atom is -0.468 e. The smallest absolute Gasteiger partial charge is 0.318 e. The highest BCUT2D eigenvalue weighted by molar-refractivity contribution is 7.49. The molecule has 0 amide bonds. The van der Waals surface area contributed by atoms with E-state index in [9.17, 15) is 9.59 Å². The summed E-state index contributed by atoms with van der Waals surface area (Å²) in [6.07, 6.45) is 7.82. The maximum Gasteiger partial charge on any atom is 0.318 e. The molecule has 0 aliphatic heterocycles. The second kappa shape index (κ2) is 9.84. The monoisotopic (exact) mass is 374 g/mol. The van der Waals surface area contributed by atoms with Gasteiger partial charge in [0, 0.05) is 0 Å². The van der Waals surface area contributed by atoms with Crippen molar-refractivity contribution in [3.63, 3.8) is 0 Å². The molecule has 1 unspecified atom stereocenters. The van der Waals surface area contributed by atoms with Gasteiger partial charge in [-0.3, -0.25) is 9.59 Å². The molecule has 1 atom stereocenters. The fraction of sp³-hybridized carbons (Fsp3) is 0.889. The van der Waals surface area contributed by atoms with Gasteiger partial charge in [-0.1, -0.05) is 19.3 Å². The highest BCUT2D eigenvalue weighted by atomic mass is 31.2. The third-order valence-electron chi connectivity index (χ3n) is 5.01. The normalized spacial score (nSPS) is 21.0. The number of methoxy groups -OCH3 is 1. The Bertz CT molecular complexity index is 439. The summed E-state index contributed by atoms with van der Waals surface area (Å²) in [5, 5.41) is 0. The maximum absolute atomic E-state index is 12.6. The second-order valence-electron chi connectivity index (χ2n) is 6.74. The maximum atomic E-state index is 12.6. The molecule has 2 saturated carbocycles. The number of esters is 2. The van der Waals surface area contributed by atoms with Crippen LogP contribution in [-0.4, -0.2) is 43.5 Å². The first-order valence-corrected chi connectivity index (χ1v) is 10.7. The topological polar surface area (TPSA) is 71.1 Å². The molecule has 0 N–H and O–H groups in total. The van der Waals surface area contributed by atoms with E-state index in [0.29, 0.717) is 19.1 Å². The van der Waals surface area contributed by atoms with Gasteiger partial charge in [-0.15, -0.1) is 0 Å². The first-order chi connectivity index (χ1) is 12.1. The molecule has 7 heteroatoms. The lowest BCUT2D eigenvalue weighted by Crippen LogP contribution is -2.33. The van der Waals surface area contributed by atoms with Crippen LogP contribution in [0.1, 0.15) is 65.2 Å². The number of hydrogen-bond donors (Lipinski definition) is 0. The fourth-order valence-electron chi connectivity index (χ4n) is 3.62. The Morgan fingerprint density at radius 1 is 1.08 bits per heavy atom. The Morgan fingerprint density at radius 3 is 2.16 bits per heavy atom. The molecule has 0 aromatic rings. The van der Waals surface area contributed by atoms with Gasteiger partial charge in [0.25, 0.3) is 0 Å². The van der Waals surface area contributed by atoms with Crippen molar-refractivity contribution in [3.8, 4) is 0 Å². The van der Waals surface area contributed by atoms with Crippen LogP contribution in [0.4, 0.5) is 0 Å². The summed E-state index contributed by atoms with van der Waals surface area (Å²) in [6, 6.07) is 0. The van der Waals surface area contributed by atoms with E-state index in [2.05, 4.69) is 0 Å². The lowest BCUT2D eigenvalue weighted by atomic mass is 9.83. The molecule has 0 spiro atoms. The van der Waals surface area contributed by atoms with Crippen LogP contribution in [0.5, 0.6) is 0 Å². The van der Waals surface area contributed by atoms with E-state index in [-0.39, 0.29) is 18.0 Å². The molecule has 2 aliphatic carbocycles. The summed E-state index contributed by atoms with van der Waals surface area (Å²) < 4.78 is 21.9. The summed E-state index contributed by atoms with van der Waals surface area (Å²) >= 11 is 0. The van der Waals surface area contributed by atoms with Gasteiger partial charge in [0.05, 0.1) is 26.7 Å². The van der Waals surface area contributed by atoms with Gasteiger partial charge in [0.1, 0.15) is 11.3 Å². The predicted molar refractivity (Wildman–Crippen MR) is 95.2 cm³/mol. The van der Waals surface area contributed by atoms with Gasteiger partial charge < -0.3 is 18.5 Å². The summed E-state index contributed by atoms with van der Waals surface area (Å²) in [6.45, 7) is 4.51. The zero-order valence-electron chi connectivity index (χ0n) is 15.6. The number of rotatable bonds is 10. The fourth-order valence-corrected chi connectivity index (χ4v) is 5.14. The Labute approximate surface area is 151 Å². The Balaban J connectivity index is 1.97. The molecule has 0 saturated heterocycles. The van der Waals surface area contributed by atoms with Crippen molar-refractivity contribution in [1.82, 2.24) is 0 Å². The second-order valence-corrected chi connectivity index (χ2v) is 8.45. The lowest BCUT2D eigenvalue weighted by molar-refractivity contribution is -0.158. The molecule has 25 heavy (non-hydrogen) atoms. The van der Waals surface area contributed by atoms with Crippen molar-refractivity contribution in [3.05, 3.63) is 0 Å². The summed E-state index contributed by atoms with van der Waals surface area (Å²) in [4.78, 5) is 24.7. The highest BCUT2D eigenvalue weighted by Gasteiger charge is 2.53. The average molecular weight is 374 g/mol. The standard InChI is InChI=1S/C18H31O6P/c1-4-22-25(23-5-2)15(17(20)21-3)13-16(19)24-18(11-12-18)14-9-7-6-8-10-14/h14-15H,4-13H2,1-3H3. The quantitative estimate of drug-likeness (QED) is 0.426. The van der Waals surface area contributed by atoms with Gasteiger partial charge in [0.2, 0.25) is 0 Å². The Morgan fingerprint density at radius 2 is 1.68 bits per heavy atom. The van der Waals surface area contributed by atoms with Gasteiger partial charge >= 0.3 is 11.9 Å². The van der Waals surface area contributed by atoms with E-state index < -0.39 is 20.0 Å². The van der Waals surface area contributed by atoms with Crippen LogP contribution >= 0.6 is 8.38 Å². The van der Waals surface area contributed by atoms with Crippen LogP contribution in [0.3, 0.4) is 0 Å². The van der Waals surface area contributed by atoms with Crippen LogP contribution in [0, 0.1) is 5.92 Å². The molecule has 144 valence electrons. The summed E-state index contributed by atoms with van der Waals surface area (Å²) in [5.74, 6) is -0.347. The third kappa shape index (κ3) is 5.63. The lowest BCUT2D eigenvalue weighted by Gasteiger charge is -2.31. The number of carbonyl (C=O) groups excluding carboxylic acids is 2. The molecule has 2 fully saturated rings. The first kappa shape index (κ1) is 20.6. The van der Waals surface area contributed by atoms with Crippen LogP contribution in [0.2, 0.25) is 0 Å². The van der Waals surface area contributed by atoms with Gasteiger partial charge in [-0.2, -0.15) is 0 Å². The van der Waals surface area contributed by atoms with E-state index in [1.165, 1.54) is 26.4 Å². The molecule has 0 aromatic heterocycles. The van der Waals surface area contributed by atoms with E-state index in [4.69, 9.17) is 18.5 Å². The van der Waals surface area contributed by atoms with Crippen molar-refractivity contribution in [2.45, 2.75) is 76.5 Å². The number of ether oxygens (including phenoxy) is 2. The van der Waals surface area contributed by atoms with Crippen molar-refractivity contribution in [2.75, 3.05) is 20.3 Å². The van der Waals surface area contributed by atoms with Crippen molar-refractivity contribution >= 4 is 20.3 Å². The van der Waals surface area contributed by atoms with Crippen molar-refractivity contribution < 1.29 is 28.1 Å². The van der Waals surface area contributed by atoms with E-state index >= 15 is 0 Å². The molecule has 0 bridgehead atoms. The number of carbonyl (C=O) groups is 2. The van der Waals surface area contributed by atoms with E-state index in [1.807, 2.05) is 13.8 Å². The zero-order valence-corrected chi connectivity index (χ0v) is 16.5. The first-order valence-electron chi connectivity index (χ1n) is 9.41. The van der Waals surface area contributed by atoms with Crippen molar-refractivity contribution in [2.24, 2.45) is 5.92 Å². The van der Waals surface area contributed by atoms with Gasteiger partial charge in [0.15, 0.2) is 8.38 Å². The van der Waals surface area contributed by atoms with Gasteiger partial charge in [-0.05, 0) is 45.4 Å². The molecular weight excluding hydrogens is 343 g/mol. The molecule has 2 aliphatic rings. The SMILES string of the molecule is CCOP(OCC)C(CC(=O)OC1(C2CCCCC2)CC1)C(=O)OC. The largest absolute Gasteiger partial charge is 0.468 e. The molecule has 0 aromatic carbocycles. The summed E-state index contributed by atoms with van der Waals surface area (Å²) in [7, 11) is -0.197. The van der Waals surface area contributed by atoms with Crippen LogP contribution in [-0.2, 0) is 28.1 Å². The van der Waals surface area contributed by atoms with Crippen molar-refractivity contribution in [1.29, 1.82) is 0 Å². The predicted octanol–water partition coefficient (Wildman–Crippen LogP) is 3.96. The van der Waals surface area contributed by atoms with Crippen LogP contribution in [0.25, 0.3) is 0 Å². The summed E-state index contributed by atoms with van der Waals surface area (Å²) in [5.41, 5.74) is -1.02.